The van der Waals surface area contributed by atoms with E-state index in [1.807, 2.05) is 37.3 Å². The molecule has 4 aromatic rings. The first-order chi connectivity index (χ1) is 14.0. The van der Waals surface area contributed by atoms with Crippen molar-refractivity contribution in [3.05, 3.63) is 65.0 Å². The van der Waals surface area contributed by atoms with E-state index in [0.717, 1.165) is 40.8 Å². The molecule has 29 heavy (non-hydrogen) atoms. The van der Waals surface area contributed by atoms with E-state index >= 15 is 0 Å². The second-order valence-corrected chi connectivity index (χ2v) is 7.71. The Balaban J connectivity index is 1.74. The van der Waals surface area contributed by atoms with Crippen LogP contribution < -0.4 is 4.90 Å². The van der Waals surface area contributed by atoms with Gasteiger partial charge in [-0.15, -0.1) is 10.2 Å². The van der Waals surface area contributed by atoms with Crippen LogP contribution in [-0.2, 0) is 0 Å². The van der Waals surface area contributed by atoms with Gasteiger partial charge in [0.2, 0.25) is 11.7 Å². The van der Waals surface area contributed by atoms with Crippen LogP contribution in [0.1, 0.15) is 30.4 Å². The lowest BCUT2D eigenvalue weighted by Gasteiger charge is -2.27. The average molecular weight is 407 g/mol. The number of rotatable bonds is 2. The molecule has 0 amide bonds. The molecule has 2 aromatic carbocycles. The van der Waals surface area contributed by atoms with Gasteiger partial charge in [-0.2, -0.15) is 4.98 Å². The maximum atomic E-state index is 6.13. The van der Waals surface area contributed by atoms with Crippen LogP contribution in [0.25, 0.3) is 17.1 Å². The van der Waals surface area contributed by atoms with Crippen molar-refractivity contribution in [3.8, 4) is 17.1 Å². The Bertz CT molecular complexity index is 1200. The lowest BCUT2D eigenvalue weighted by molar-refractivity contribution is 0.394. The van der Waals surface area contributed by atoms with Crippen molar-refractivity contribution < 1.29 is 4.52 Å². The summed E-state index contributed by atoms with van der Waals surface area (Å²) in [6.45, 7) is 6.68. The third kappa shape index (κ3) is 2.98. The summed E-state index contributed by atoms with van der Waals surface area (Å²) in [5, 5.41) is 13.6. The van der Waals surface area contributed by atoms with E-state index in [2.05, 4.69) is 48.9 Å². The molecular formula is C21H19ClN6O. The largest absolute Gasteiger partial charge is 0.339 e. The quantitative estimate of drug-likeness (QED) is 0.474. The van der Waals surface area contributed by atoms with Gasteiger partial charge in [-0.05, 0) is 49.4 Å². The number of aromatic nitrogens is 5. The molecule has 0 spiro atoms. The Labute approximate surface area is 172 Å². The normalized spacial score (nSPS) is 15.7. The van der Waals surface area contributed by atoms with Gasteiger partial charge in [0.05, 0.1) is 11.4 Å². The van der Waals surface area contributed by atoms with E-state index in [1.54, 1.807) is 6.92 Å². The molecule has 3 heterocycles. The lowest BCUT2D eigenvalue weighted by atomic mass is 10.1. The summed E-state index contributed by atoms with van der Waals surface area (Å²) in [5.41, 5.74) is 3.99. The van der Waals surface area contributed by atoms with Crippen LogP contribution in [0.5, 0.6) is 0 Å². The van der Waals surface area contributed by atoms with Crippen molar-refractivity contribution in [2.24, 2.45) is 0 Å². The van der Waals surface area contributed by atoms with Crippen molar-refractivity contribution >= 4 is 23.0 Å². The third-order valence-electron chi connectivity index (χ3n) is 5.18. The first-order valence-electron chi connectivity index (χ1n) is 9.41. The van der Waals surface area contributed by atoms with E-state index in [-0.39, 0.29) is 5.92 Å². The van der Waals surface area contributed by atoms with Crippen LogP contribution >= 0.6 is 11.6 Å². The topological polar surface area (TPSA) is 72.9 Å². The monoisotopic (exact) mass is 406 g/mol. The highest BCUT2D eigenvalue weighted by Gasteiger charge is 2.28. The summed E-state index contributed by atoms with van der Waals surface area (Å²) in [4.78, 5) is 6.66. The molecule has 1 atom stereocenters. The predicted octanol–water partition coefficient (Wildman–Crippen LogP) is 4.84. The fourth-order valence-electron chi connectivity index (χ4n) is 3.80. The number of anilines is 2. The van der Waals surface area contributed by atoms with Gasteiger partial charge in [-0.1, -0.05) is 23.7 Å². The molecule has 0 saturated heterocycles. The van der Waals surface area contributed by atoms with Crippen LogP contribution in [-0.4, -0.2) is 31.4 Å². The fraction of sp³-hybridized carbons (Fsp3) is 0.238. The maximum absolute atomic E-state index is 6.13. The first kappa shape index (κ1) is 17.9. The molecule has 5 rings (SSSR count). The molecule has 146 valence electrons. The van der Waals surface area contributed by atoms with Gasteiger partial charge in [0.25, 0.3) is 0 Å². The Morgan fingerprint density at radius 1 is 1.03 bits per heavy atom. The van der Waals surface area contributed by atoms with Crippen LogP contribution in [0.15, 0.2) is 47.0 Å². The minimum absolute atomic E-state index is 0.176. The SMILES string of the molecule is Cc1nc(-c2ccc3c(c2)N(c2ccc(Cl)cc2)C[C@@H](C)c2nnc(C)n2-3)no1. The van der Waals surface area contributed by atoms with E-state index in [1.165, 1.54) is 0 Å². The smallest absolute Gasteiger partial charge is 0.223 e. The number of benzene rings is 2. The van der Waals surface area contributed by atoms with Crippen molar-refractivity contribution in [2.75, 3.05) is 11.4 Å². The standard InChI is InChI=1S/C21H19ClN6O/c1-12-11-27(17-7-5-16(22)6-8-17)19-10-15(20-23-14(3)29-26-20)4-9-18(19)28-13(2)24-25-21(12)28/h4-10,12H,11H2,1-3H3/t12-/m1/s1. The van der Waals surface area contributed by atoms with Crippen LogP contribution in [0.3, 0.4) is 0 Å². The zero-order valence-electron chi connectivity index (χ0n) is 16.3. The van der Waals surface area contributed by atoms with Gasteiger partial charge in [-0.25, -0.2) is 0 Å². The number of nitrogens with zero attached hydrogens (tertiary/aromatic N) is 6. The third-order valence-corrected chi connectivity index (χ3v) is 5.43. The average Bonchev–Trinajstić information content (AvgIpc) is 3.29. The first-order valence-corrected chi connectivity index (χ1v) is 9.79. The Kier molecular flexibility index (Phi) is 4.13. The highest BCUT2D eigenvalue weighted by atomic mass is 35.5. The van der Waals surface area contributed by atoms with Gasteiger partial charge in [0, 0.05) is 35.7 Å². The summed E-state index contributed by atoms with van der Waals surface area (Å²) in [6.07, 6.45) is 0. The number of fused-ring (bicyclic) bond motifs is 3. The Morgan fingerprint density at radius 2 is 1.83 bits per heavy atom. The van der Waals surface area contributed by atoms with Gasteiger partial charge in [0.15, 0.2) is 0 Å². The highest BCUT2D eigenvalue weighted by Crippen LogP contribution is 2.40. The van der Waals surface area contributed by atoms with Crippen molar-refractivity contribution in [1.82, 2.24) is 24.9 Å². The zero-order chi connectivity index (χ0) is 20.1. The number of hydrogen-bond acceptors (Lipinski definition) is 6. The van der Waals surface area contributed by atoms with E-state index in [4.69, 9.17) is 16.1 Å². The molecule has 0 aliphatic carbocycles. The number of aryl methyl sites for hydroxylation is 2. The maximum Gasteiger partial charge on any atom is 0.223 e. The summed E-state index contributed by atoms with van der Waals surface area (Å²) >= 11 is 6.13. The predicted molar refractivity (Wildman–Crippen MR) is 111 cm³/mol. The molecule has 0 N–H and O–H groups in total. The fourth-order valence-corrected chi connectivity index (χ4v) is 3.93. The molecule has 1 aliphatic rings. The molecule has 0 radical (unpaired) electrons. The second-order valence-electron chi connectivity index (χ2n) is 7.27. The molecular weight excluding hydrogens is 388 g/mol. The Morgan fingerprint density at radius 3 is 2.55 bits per heavy atom. The van der Waals surface area contributed by atoms with Crippen molar-refractivity contribution in [1.29, 1.82) is 0 Å². The molecule has 0 saturated carbocycles. The summed E-state index contributed by atoms with van der Waals surface area (Å²) in [6, 6.07) is 14.0. The summed E-state index contributed by atoms with van der Waals surface area (Å²) in [5.74, 6) is 3.09. The molecule has 0 fully saturated rings. The number of halogens is 1. The molecule has 0 unspecified atom stereocenters. The van der Waals surface area contributed by atoms with Crippen LogP contribution in [0.2, 0.25) is 5.02 Å². The van der Waals surface area contributed by atoms with Crippen molar-refractivity contribution in [2.45, 2.75) is 26.7 Å². The minimum Gasteiger partial charge on any atom is -0.339 e. The lowest BCUT2D eigenvalue weighted by Crippen LogP contribution is -2.22. The van der Waals surface area contributed by atoms with Gasteiger partial charge in [-0.3, -0.25) is 4.57 Å². The summed E-state index contributed by atoms with van der Waals surface area (Å²) in [7, 11) is 0. The highest BCUT2D eigenvalue weighted by molar-refractivity contribution is 6.30. The molecule has 0 bridgehead atoms. The van der Waals surface area contributed by atoms with Gasteiger partial charge >= 0.3 is 0 Å². The molecule has 7 nitrogen and oxygen atoms in total. The van der Waals surface area contributed by atoms with E-state index < -0.39 is 0 Å². The molecule has 8 heteroatoms. The molecule has 1 aliphatic heterocycles. The van der Waals surface area contributed by atoms with Crippen molar-refractivity contribution in [3.63, 3.8) is 0 Å². The van der Waals surface area contributed by atoms with Gasteiger partial charge < -0.3 is 9.42 Å². The Hall–Kier alpha value is -3.19. The van der Waals surface area contributed by atoms with E-state index in [9.17, 15) is 0 Å². The zero-order valence-corrected chi connectivity index (χ0v) is 17.1. The van der Waals surface area contributed by atoms with E-state index in [0.29, 0.717) is 16.7 Å². The molecule has 2 aromatic heterocycles. The second kappa shape index (κ2) is 6.70. The number of hydrogen-bond donors (Lipinski definition) is 0. The van der Waals surface area contributed by atoms with Crippen LogP contribution in [0, 0.1) is 13.8 Å². The minimum atomic E-state index is 0.176. The van der Waals surface area contributed by atoms with Gasteiger partial charge in [0.1, 0.15) is 11.6 Å². The summed E-state index contributed by atoms with van der Waals surface area (Å²) < 4.78 is 7.30. The van der Waals surface area contributed by atoms with Crippen LogP contribution in [0.4, 0.5) is 11.4 Å².